The highest BCUT2D eigenvalue weighted by Gasteiger charge is 2.27. The molecule has 1 amide bonds. The monoisotopic (exact) mass is 280 g/mol. The summed E-state index contributed by atoms with van der Waals surface area (Å²) in [6, 6.07) is 20.1. The first-order chi connectivity index (χ1) is 10.1. The Labute approximate surface area is 124 Å². The molecule has 2 rings (SSSR count). The summed E-state index contributed by atoms with van der Waals surface area (Å²) in [4.78, 5) is 12.1. The molecular formula is C17H16N2O2. The summed E-state index contributed by atoms with van der Waals surface area (Å²) >= 11 is 0. The zero-order valence-electron chi connectivity index (χ0n) is 11.7. The molecule has 0 saturated carbocycles. The molecule has 1 atom stereocenters. The second-order valence-corrected chi connectivity index (χ2v) is 4.87. The van der Waals surface area contributed by atoms with E-state index in [2.05, 4.69) is 11.4 Å². The highest BCUT2D eigenvalue weighted by Crippen LogP contribution is 2.12. The first kappa shape index (κ1) is 14.6. The van der Waals surface area contributed by atoms with Gasteiger partial charge in [0.2, 0.25) is 0 Å². The molecule has 4 nitrogen and oxygen atoms in total. The highest BCUT2D eigenvalue weighted by atomic mass is 16.5. The van der Waals surface area contributed by atoms with E-state index in [1.807, 2.05) is 24.3 Å². The number of nitriles is 1. The van der Waals surface area contributed by atoms with Gasteiger partial charge in [-0.25, -0.2) is 0 Å². The lowest BCUT2D eigenvalue weighted by molar-refractivity contribution is 0.0901. The Balaban J connectivity index is 2.01. The molecule has 0 heterocycles. The number of ether oxygens (including phenoxy) is 1. The van der Waals surface area contributed by atoms with Crippen LogP contribution in [0.1, 0.15) is 17.3 Å². The molecule has 2 aromatic carbocycles. The standard InChI is InChI=1S/C17H16N2O2/c1-17(12-18,13-21-15-10-6-3-7-11-15)19-16(20)14-8-4-2-5-9-14/h2-11H,13H2,1H3,(H,19,20). The quantitative estimate of drug-likeness (QED) is 0.916. The second-order valence-electron chi connectivity index (χ2n) is 4.87. The average Bonchev–Trinajstić information content (AvgIpc) is 2.55. The molecule has 1 N–H and O–H groups in total. The van der Waals surface area contributed by atoms with Crippen molar-refractivity contribution in [3.05, 3.63) is 66.2 Å². The van der Waals surface area contributed by atoms with Gasteiger partial charge in [0.15, 0.2) is 5.54 Å². The molecule has 0 bridgehead atoms. The third-order valence-electron chi connectivity index (χ3n) is 2.94. The van der Waals surface area contributed by atoms with Crippen LogP contribution in [0.5, 0.6) is 5.75 Å². The van der Waals surface area contributed by atoms with Crippen molar-refractivity contribution < 1.29 is 9.53 Å². The summed E-state index contributed by atoms with van der Waals surface area (Å²) in [7, 11) is 0. The van der Waals surface area contributed by atoms with Crippen LogP contribution in [0.4, 0.5) is 0 Å². The van der Waals surface area contributed by atoms with Crippen molar-refractivity contribution >= 4 is 5.91 Å². The Hall–Kier alpha value is -2.80. The van der Waals surface area contributed by atoms with Crippen LogP contribution >= 0.6 is 0 Å². The number of rotatable bonds is 5. The highest BCUT2D eigenvalue weighted by molar-refractivity contribution is 5.94. The van der Waals surface area contributed by atoms with Crippen molar-refractivity contribution in [2.75, 3.05) is 6.61 Å². The number of para-hydroxylation sites is 1. The van der Waals surface area contributed by atoms with Crippen LogP contribution in [0.2, 0.25) is 0 Å². The van der Waals surface area contributed by atoms with Gasteiger partial charge in [-0.05, 0) is 31.2 Å². The van der Waals surface area contributed by atoms with Gasteiger partial charge in [-0.3, -0.25) is 4.79 Å². The zero-order valence-corrected chi connectivity index (χ0v) is 11.7. The minimum absolute atomic E-state index is 0.0755. The van der Waals surface area contributed by atoms with Crippen LogP contribution < -0.4 is 10.1 Å². The fourth-order valence-electron chi connectivity index (χ4n) is 1.75. The van der Waals surface area contributed by atoms with Gasteiger partial charge >= 0.3 is 0 Å². The topological polar surface area (TPSA) is 62.1 Å². The van der Waals surface area contributed by atoms with Crippen molar-refractivity contribution in [1.29, 1.82) is 5.26 Å². The van der Waals surface area contributed by atoms with Gasteiger partial charge in [0.25, 0.3) is 5.91 Å². The fourth-order valence-corrected chi connectivity index (χ4v) is 1.75. The number of amides is 1. The SMILES string of the molecule is CC(C#N)(COc1ccccc1)NC(=O)c1ccccc1. The van der Waals surface area contributed by atoms with Crippen molar-refractivity contribution in [1.82, 2.24) is 5.32 Å². The van der Waals surface area contributed by atoms with Crippen molar-refractivity contribution in [3.63, 3.8) is 0 Å². The molecule has 4 heteroatoms. The first-order valence-electron chi connectivity index (χ1n) is 6.60. The van der Waals surface area contributed by atoms with Crippen LogP contribution in [-0.4, -0.2) is 18.1 Å². The molecule has 0 spiro atoms. The average molecular weight is 280 g/mol. The molecule has 0 fully saturated rings. The van der Waals surface area contributed by atoms with Crippen LogP contribution in [0.3, 0.4) is 0 Å². The van der Waals surface area contributed by atoms with E-state index in [0.717, 1.165) is 0 Å². The number of carbonyl (C=O) groups excluding carboxylic acids is 1. The third-order valence-corrected chi connectivity index (χ3v) is 2.94. The van der Waals surface area contributed by atoms with Gasteiger partial charge in [0.05, 0.1) is 6.07 Å². The van der Waals surface area contributed by atoms with E-state index in [9.17, 15) is 10.1 Å². The smallest absolute Gasteiger partial charge is 0.252 e. The van der Waals surface area contributed by atoms with Gasteiger partial charge in [-0.1, -0.05) is 36.4 Å². The Morgan fingerprint density at radius 2 is 1.71 bits per heavy atom. The molecule has 21 heavy (non-hydrogen) atoms. The van der Waals surface area contributed by atoms with E-state index in [1.54, 1.807) is 43.3 Å². The third kappa shape index (κ3) is 4.08. The molecule has 1 unspecified atom stereocenters. The summed E-state index contributed by atoms with van der Waals surface area (Å²) in [6.07, 6.45) is 0. The van der Waals surface area contributed by atoms with Gasteiger partial charge in [0, 0.05) is 5.56 Å². The molecular weight excluding hydrogens is 264 g/mol. The molecule has 0 aliphatic rings. The molecule has 0 aliphatic heterocycles. The lowest BCUT2D eigenvalue weighted by Gasteiger charge is -2.23. The maximum Gasteiger partial charge on any atom is 0.252 e. The van der Waals surface area contributed by atoms with Gasteiger partial charge in [-0.15, -0.1) is 0 Å². The summed E-state index contributed by atoms with van der Waals surface area (Å²) in [5, 5.41) is 12.0. The van der Waals surface area contributed by atoms with Crippen LogP contribution in [-0.2, 0) is 0 Å². The number of nitrogens with one attached hydrogen (secondary N) is 1. The van der Waals surface area contributed by atoms with E-state index < -0.39 is 5.54 Å². The Bertz CT molecular complexity index is 635. The van der Waals surface area contributed by atoms with E-state index in [4.69, 9.17) is 4.74 Å². The maximum atomic E-state index is 12.1. The van der Waals surface area contributed by atoms with E-state index in [0.29, 0.717) is 11.3 Å². The van der Waals surface area contributed by atoms with Crippen LogP contribution in [0.15, 0.2) is 60.7 Å². The lowest BCUT2D eigenvalue weighted by Crippen LogP contribution is -2.49. The summed E-state index contributed by atoms with van der Waals surface area (Å²) < 4.78 is 5.56. The van der Waals surface area contributed by atoms with E-state index >= 15 is 0 Å². The van der Waals surface area contributed by atoms with Gasteiger partial charge < -0.3 is 10.1 Å². The molecule has 0 radical (unpaired) electrons. The number of hydrogen-bond donors (Lipinski definition) is 1. The predicted octanol–water partition coefficient (Wildman–Crippen LogP) is 2.78. The fraction of sp³-hybridized carbons (Fsp3) is 0.176. The second kappa shape index (κ2) is 6.58. The largest absolute Gasteiger partial charge is 0.490 e. The predicted molar refractivity (Wildman–Crippen MR) is 79.9 cm³/mol. The van der Waals surface area contributed by atoms with Gasteiger partial charge in [-0.2, -0.15) is 5.26 Å². The Kier molecular flexibility index (Phi) is 4.57. The Morgan fingerprint density at radius 3 is 2.29 bits per heavy atom. The Morgan fingerprint density at radius 1 is 1.14 bits per heavy atom. The molecule has 0 saturated heterocycles. The minimum atomic E-state index is -1.09. The first-order valence-corrected chi connectivity index (χ1v) is 6.60. The number of carbonyl (C=O) groups is 1. The summed E-state index contributed by atoms with van der Waals surface area (Å²) in [5.74, 6) is 0.365. The molecule has 106 valence electrons. The van der Waals surface area contributed by atoms with E-state index in [-0.39, 0.29) is 12.5 Å². The van der Waals surface area contributed by atoms with E-state index in [1.165, 1.54) is 0 Å². The maximum absolute atomic E-state index is 12.1. The normalized spacial score (nSPS) is 12.8. The molecule has 0 aliphatic carbocycles. The van der Waals surface area contributed by atoms with Crippen LogP contribution in [0.25, 0.3) is 0 Å². The van der Waals surface area contributed by atoms with Crippen molar-refractivity contribution in [2.24, 2.45) is 0 Å². The van der Waals surface area contributed by atoms with Crippen LogP contribution in [0, 0.1) is 11.3 Å². The molecule has 2 aromatic rings. The molecule has 0 aromatic heterocycles. The van der Waals surface area contributed by atoms with Crippen molar-refractivity contribution in [3.8, 4) is 11.8 Å². The zero-order chi connectivity index (χ0) is 15.1. The number of nitrogens with zero attached hydrogens (tertiary/aromatic N) is 1. The summed E-state index contributed by atoms with van der Waals surface area (Å²) in [5.41, 5.74) is -0.582. The lowest BCUT2D eigenvalue weighted by atomic mass is 10.1. The van der Waals surface area contributed by atoms with Crippen molar-refractivity contribution in [2.45, 2.75) is 12.5 Å². The number of benzene rings is 2. The minimum Gasteiger partial charge on any atom is -0.490 e. The summed E-state index contributed by atoms with van der Waals surface area (Å²) in [6.45, 7) is 1.71. The van der Waals surface area contributed by atoms with Gasteiger partial charge in [0.1, 0.15) is 12.4 Å². The number of hydrogen-bond acceptors (Lipinski definition) is 3.